The van der Waals surface area contributed by atoms with Gasteiger partial charge in [0.2, 0.25) is 11.9 Å². The quantitative estimate of drug-likeness (QED) is 0.344. The zero-order valence-corrected chi connectivity index (χ0v) is 22.1. The molecule has 1 aromatic carbocycles. The van der Waals surface area contributed by atoms with Crippen molar-refractivity contribution in [3.05, 3.63) is 35.7 Å². The van der Waals surface area contributed by atoms with Crippen molar-refractivity contribution in [2.45, 2.75) is 6.42 Å². The van der Waals surface area contributed by atoms with Crippen LogP contribution in [0.2, 0.25) is 0 Å². The molecular formula is C23H29N9O6S. The van der Waals surface area contributed by atoms with Crippen molar-refractivity contribution < 1.29 is 27.4 Å². The van der Waals surface area contributed by atoms with E-state index in [4.69, 9.17) is 24.3 Å². The molecule has 1 fully saturated rings. The minimum Gasteiger partial charge on any atom is -0.491 e. The van der Waals surface area contributed by atoms with Crippen LogP contribution in [0.5, 0.6) is 11.5 Å². The maximum atomic E-state index is 13.0. The van der Waals surface area contributed by atoms with Gasteiger partial charge >= 0.3 is 0 Å². The number of morpholine rings is 1. The number of nitrogens with zero attached hydrogens (tertiary/aromatic N) is 6. The van der Waals surface area contributed by atoms with Gasteiger partial charge in [-0.15, -0.1) is 0 Å². The molecule has 0 saturated carbocycles. The summed E-state index contributed by atoms with van der Waals surface area (Å²) in [6, 6.07) is 3.73. The molecule has 15 nitrogen and oxygen atoms in total. The highest BCUT2D eigenvalue weighted by Crippen LogP contribution is 2.43. The maximum Gasteiger partial charge on any atom is 0.298 e. The van der Waals surface area contributed by atoms with Gasteiger partial charge < -0.3 is 14.2 Å². The first-order valence-electron chi connectivity index (χ1n) is 12.3. The largest absolute Gasteiger partial charge is 0.491 e. The van der Waals surface area contributed by atoms with Gasteiger partial charge in [0, 0.05) is 44.1 Å². The molecule has 1 amide bonds. The van der Waals surface area contributed by atoms with Gasteiger partial charge in [-0.05, 0) is 18.6 Å². The van der Waals surface area contributed by atoms with Gasteiger partial charge in [-0.3, -0.25) is 24.9 Å². The number of nitrogens with two attached hydrogens (primary N) is 1. The van der Waals surface area contributed by atoms with E-state index in [1.165, 1.54) is 12.4 Å². The molecule has 4 heterocycles. The number of carbonyl (C=O) groups is 1. The number of ether oxygens (including phenoxy) is 3. The van der Waals surface area contributed by atoms with Gasteiger partial charge in [-0.25, -0.2) is 24.8 Å². The van der Waals surface area contributed by atoms with E-state index in [9.17, 15) is 13.2 Å². The van der Waals surface area contributed by atoms with E-state index < -0.39 is 16.1 Å². The van der Waals surface area contributed by atoms with Crippen molar-refractivity contribution in [1.29, 1.82) is 0 Å². The SMILES string of the molecule is COc1c(OCCCN2CCOCC2)ccc2c1N=C(NC(=O)c1cnc(NS(N)(=O)=O)nc1)N1CCN=C21. The number of aromatic nitrogens is 2. The average molecular weight is 560 g/mol. The minimum absolute atomic E-state index is 0.0884. The number of hydrogen-bond acceptors (Lipinski definition) is 12. The van der Waals surface area contributed by atoms with Gasteiger partial charge in [-0.2, -0.15) is 8.42 Å². The summed E-state index contributed by atoms with van der Waals surface area (Å²) in [5.74, 6) is 1.12. The Bertz CT molecular complexity index is 1390. The monoisotopic (exact) mass is 559 g/mol. The van der Waals surface area contributed by atoms with Crippen LogP contribution in [0.15, 0.2) is 34.5 Å². The molecule has 1 saturated heterocycles. The van der Waals surface area contributed by atoms with E-state index in [1.807, 2.05) is 16.9 Å². The third-order valence-electron chi connectivity index (χ3n) is 6.21. The number of amidine groups is 1. The lowest BCUT2D eigenvalue weighted by Gasteiger charge is -2.28. The third kappa shape index (κ3) is 6.25. The first-order chi connectivity index (χ1) is 18.8. The number of aliphatic imine (C=N–C) groups is 2. The van der Waals surface area contributed by atoms with Gasteiger partial charge in [0.15, 0.2) is 11.5 Å². The Morgan fingerprint density at radius 2 is 1.95 bits per heavy atom. The smallest absolute Gasteiger partial charge is 0.298 e. The van der Waals surface area contributed by atoms with Crippen molar-refractivity contribution >= 4 is 39.5 Å². The van der Waals surface area contributed by atoms with Crippen LogP contribution in [-0.4, -0.2) is 106 Å². The highest BCUT2D eigenvalue weighted by molar-refractivity contribution is 7.90. The number of fused-ring (bicyclic) bond motifs is 3. The molecule has 3 aliphatic rings. The number of methoxy groups -OCH3 is 1. The second kappa shape index (κ2) is 11.5. The Hall–Kier alpha value is -3.86. The summed E-state index contributed by atoms with van der Waals surface area (Å²) < 4.78 is 41.4. The Balaban J connectivity index is 1.32. The van der Waals surface area contributed by atoms with Crippen LogP contribution in [0.4, 0.5) is 11.6 Å². The van der Waals surface area contributed by atoms with Crippen LogP contribution in [0.3, 0.4) is 0 Å². The Labute approximate surface area is 225 Å². The number of nitrogens with one attached hydrogen (secondary N) is 2. The van der Waals surface area contributed by atoms with Gasteiger partial charge in [0.1, 0.15) is 11.5 Å². The fraction of sp³-hybridized carbons (Fsp3) is 0.435. The first kappa shape index (κ1) is 26.7. The van der Waals surface area contributed by atoms with Crippen LogP contribution >= 0.6 is 0 Å². The average Bonchev–Trinajstić information content (AvgIpc) is 3.42. The highest BCUT2D eigenvalue weighted by atomic mass is 32.2. The topological polar surface area (TPSA) is 186 Å². The van der Waals surface area contributed by atoms with E-state index in [1.54, 1.807) is 12.0 Å². The lowest BCUT2D eigenvalue weighted by molar-refractivity contribution is 0.0357. The van der Waals surface area contributed by atoms with Crippen molar-refractivity contribution in [3.63, 3.8) is 0 Å². The second-order valence-corrected chi connectivity index (χ2v) is 10.1. The molecule has 0 spiro atoms. The number of hydrogen-bond donors (Lipinski definition) is 3. The first-order valence-corrected chi connectivity index (χ1v) is 13.9. The van der Waals surface area contributed by atoms with Gasteiger partial charge in [-0.1, -0.05) is 0 Å². The molecule has 2 aromatic rings. The number of guanidine groups is 1. The number of carbonyl (C=O) groups excluding carboxylic acids is 1. The Morgan fingerprint density at radius 1 is 1.18 bits per heavy atom. The van der Waals surface area contributed by atoms with Crippen molar-refractivity contribution in [2.24, 2.45) is 15.1 Å². The molecule has 1 aromatic heterocycles. The fourth-order valence-corrected chi connectivity index (χ4v) is 4.75. The predicted octanol–water partition coefficient (Wildman–Crippen LogP) is -0.305. The van der Waals surface area contributed by atoms with E-state index in [-0.39, 0.29) is 17.5 Å². The standard InChI is InChI=1S/C23H29N9O6S/c1-36-19-17(38-10-2-6-31-8-11-37-12-9-31)4-3-16-18(19)28-23(32-7-5-25-20(16)32)29-21(33)15-13-26-22(27-14-15)30-39(24,34)35/h3-4,13-14H,2,5-12H2,1H3,(H2,24,34,35)(H,26,27,30)(H,28,29,33). The van der Waals surface area contributed by atoms with Crippen LogP contribution in [0.1, 0.15) is 22.3 Å². The molecule has 208 valence electrons. The molecule has 3 aliphatic heterocycles. The van der Waals surface area contributed by atoms with Crippen LogP contribution in [0, 0.1) is 0 Å². The number of rotatable bonds is 9. The molecule has 0 aliphatic carbocycles. The summed E-state index contributed by atoms with van der Waals surface area (Å²) in [6.45, 7) is 5.84. The van der Waals surface area contributed by atoms with Gasteiger partial charge in [0.25, 0.3) is 16.1 Å². The third-order valence-corrected chi connectivity index (χ3v) is 6.67. The predicted molar refractivity (Wildman–Crippen MR) is 142 cm³/mol. The molecule has 0 bridgehead atoms. The number of anilines is 1. The Kier molecular flexibility index (Phi) is 7.87. The van der Waals surface area contributed by atoms with Crippen LogP contribution in [0.25, 0.3) is 0 Å². The summed E-state index contributed by atoms with van der Waals surface area (Å²) in [7, 11) is -2.49. The van der Waals surface area contributed by atoms with Crippen molar-refractivity contribution in [2.75, 3.05) is 64.4 Å². The van der Waals surface area contributed by atoms with E-state index >= 15 is 0 Å². The maximum absolute atomic E-state index is 13.0. The molecule has 0 radical (unpaired) electrons. The number of amides is 1. The van der Waals surface area contributed by atoms with E-state index in [2.05, 4.69) is 25.2 Å². The van der Waals surface area contributed by atoms with Crippen molar-refractivity contribution in [3.8, 4) is 11.5 Å². The minimum atomic E-state index is -4.04. The van der Waals surface area contributed by atoms with Crippen molar-refractivity contribution in [1.82, 2.24) is 25.1 Å². The molecule has 0 atom stereocenters. The molecule has 5 rings (SSSR count). The van der Waals surface area contributed by atoms with Crippen LogP contribution < -0.4 is 24.7 Å². The molecule has 4 N–H and O–H groups in total. The summed E-state index contributed by atoms with van der Waals surface area (Å²) in [5.41, 5.74) is 1.36. The van der Waals surface area contributed by atoms with Gasteiger partial charge in [0.05, 0.1) is 39.0 Å². The molecule has 0 unspecified atom stereocenters. The molecule has 16 heteroatoms. The zero-order valence-electron chi connectivity index (χ0n) is 21.3. The normalized spacial score (nSPS) is 17.0. The lowest BCUT2D eigenvalue weighted by atomic mass is 10.1. The summed E-state index contributed by atoms with van der Waals surface area (Å²) in [5, 5.41) is 7.70. The summed E-state index contributed by atoms with van der Waals surface area (Å²) >= 11 is 0. The summed E-state index contributed by atoms with van der Waals surface area (Å²) in [4.78, 5) is 34.1. The number of benzene rings is 1. The summed E-state index contributed by atoms with van der Waals surface area (Å²) in [6.07, 6.45) is 3.20. The highest BCUT2D eigenvalue weighted by Gasteiger charge is 2.33. The van der Waals surface area contributed by atoms with Crippen LogP contribution in [-0.2, 0) is 14.9 Å². The van der Waals surface area contributed by atoms with E-state index in [0.717, 1.165) is 44.8 Å². The zero-order chi connectivity index (χ0) is 27.4. The van der Waals surface area contributed by atoms with E-state index in [0.29, 0.717) is 42.7 Å². The fourth-order valence-electron chi connectivity index (χ4n) is 4.39. The molecule has 39 heavy (non-hydrogen) atoms. The molecular weight excluding hydrogens is 530 g/mol. The Morgan fingerprint density at radius 3 is 2.67 bits per heavy atom. The second-order valence-electron chi connectivity index (χ2n) is 8.84. The lowest BCUT2D eigenvalue weighted by Crippen LogP contribution is -2.47.